The molecular weight excluding hydrogens is 324 g/mol. The molecule has 1 aromatic carbocycles. The molecule has 0 unspecified atom stereocenters. The fourth-order valence-corrected chi connectivity index (χ4v) is 3.23. The van der Waals surface area contributed by atoms with E-state index in [1.54, 1.807) is 7.11 Å². The molecule has 6 heteroatoms. The molecule has 5 nitrogen and oxygen atoms in total. The van der Waals surface area contributed by atoms with Crippen LogP contribution in [0.4, 0.5) is 0 Å². The van der Waals surface area contributed by atoms with Crippen LogP contribution in [0.1, 0.15) is 11.3 Å². The summed E-state index contributed by atoms with van der Waals surface area (Å²) >= 11 is 3.53. The highest BCUT2D eigenvalue weighted by Gasteiger charge is 2.20. The van der Waals surface area contributed by atoms with Gasteiger partial charge in [0.05, 0.1) is 18.0 Å². The number of aromatic nitrogens is 1. The van der Waals surface area contributed by atoms with E-state index in [9.17, 15) is 4.79 Å². The van der Waals surface area contributed by atoms with Crippen molar-refractivity contribution in [3.05, 3.63) is 27.9 Å². The molecule has 0 fully saturated rings. The maximum absolute atomic E-state index is 11.2. The maximum Gasteiger partial charge on any atom is 0.307 e. The molecule has 0 spiro atoms. The zero-order valence-corrected chi connectivity index (χ0v) is 13.2. The fourth-order valence-electron chi connectivity index (χ4n) is 2.50. The number of rotatable bonds is 5. The molecule has 0 bridgehead atoms. The number of carboxylic acid groups (broad SMARTS) is 1. The van der Waals surface area contributed by atoms with Crippen molar-refractivity contribution in [1.29, 1.82) is 0 Å². The van der Waals surface area contributed by atoms with Crippen molar-refractivity contribution in [3.8, 4) is 5.75 Å². The van der Waals surface area contributed by atoms with Crippen molar-refractivity contribution in [1.82, 2.24) is 9.88 Å². The molecule has 0 aliphatic heterocycles. The molecule has 2 aromatic rings. The standard InChI is InChI=1S/C14H17BrN2O3/c1-16-7-10-8(6-12(18)19)13-9(17(10)2)4-5-11(20-3)14(13)15/h4-5,16H,6-7H2,1-3H3,(H,18,19). The summed E-state index contributed by atoms with van der Waals surface area (Å²) in [5.41, 5.74) is 2.77. The molecular formula is C14H17BrN2O3. The zero-order chi connectivity index (χ0) is 14.9. The van der Waals surface area contributed by atoms with Gasteiger partial charge in [-0.25, -0.2) is 0 Å². The number of benzene rings is 1. The van der Waals surface area contributed by atoms with Gasteiger partial charge in [0.25, 0.3) is 0 Å². The molecule has 0 radical (unpaired) electrons. The van der Waals surface area contributed by atoms with Gasteiger partial charge in [-0.2, -0.15) is 0 Å². The monoisotopic (exact) mass is 340 g/mol. The molecule has 108 valence electrons. The van der Waals surface area contributed by atoms with Crippen molar-refractivity contribution in [2.24, 2.45) is 7.05 Å². The molecule has 1 heterocycles. The van der Waals surface area contributed by atoms with Crippen molar-refractivity contribution >= 4 is 32.8 Å². The Balaban J connectivity index is 2.80. The lowest BCUT2D eigenvalue weighted by atomic mass is 10.1. The first-order valence-corrected chi connectivity index (χ1v) is 6.99. The molecule has 0 aliphatic rings. The topological polar surface area (TPSA) is 63.5 Å². The predicted octanol–water partition coefficient (Wildman–Crippen LogP) is 2.30. The third-order valence-electron chi connectivity index (χ3n) is 3.39. The quantitative estimate of drug-likeness (QED) is 0.876. The van der Waals surface area contributed by atoms with Crippen LogP contribution in [0.25, 0.3) is 10.9 Å². The van der Waals surface area contributed by atoms with Gasteiger partial charge in [0.1, 0.15) is 5.75 Å². The highest BCUT2D eigenvalue weighted by Crippen LogP contribution is 2.38. The Morgan fingerprint density at radius 3 is 2.75 bits per heavy atom. The van der Waals surface area contributed by atoms with Gasteiger partial charge < -0.3 is 19.7 Å². The van der Waals surface area contributed by atoms with Gasteiger partial charge in [0.2, 0.25) is 0 Å². The van der Waals surface area contributed by atoms with Crippen molar-refractivity contribution < 1.29 is 14.6 Å². The molecule has 0 saturated heterocycles. The van der Waals surface area contributed by atoms with Crippen LogP contribution in [0.3, 0.4) is 0 Å². The van der Waals surface area contributed by atoms with Gasteiger partial charge in [-0.3, -0.25) is 4.79 Å². The van der Waals surface area contributed by atoms with Crippen molar-refractivity contribution in [2.75, 3.05) is 14.2 Å². The van der Waals surface area contributed by atoms with E-state index in [0.29, 0.717) is 12.3 Å². The minimum absolute atomic E-state index is 0.0138. The highest BCUT2D eigenvalue weighted by atomic mass is 79.9. The Labute approximate surface area is 125 Å². The Kier molecular flexibility index (Phi) is 4.35. The number of carbonyl (C=O) groups is 1. The van der Waals surface area contributed by atoms with Gasteiger partial charge in [-0.15, -0.1) is 0 Å². The molecule has 2 rings (SSSR count). The maximum atomic E-state index is 11.2. The summed E-state index contributed by atoms with van der Waals surface area (Å²) in [4.78, 5) is 11.2. The lowest BCUT2D eigenvalue weighted by Gasteiger charge is -2.06. The summed E-state index contributed by atoms with van der Waals surface area (Å²) in [6, 6.07) is 3.82. The average Bonchev–Trinajstić information content (AvgIpc) is 2.65. The molecule has 0 atom stereocenters. The second-order valence-corrected chi connectivity index (χ2v) is 5.35. The number of hydrogen-bond acceptors (Lipinski definition) is 3. The van der Waals surface area contributed by atoms with Crippen LogP contribution >= 0.6 is 15.9 Å². The Morgan fingerprint density at radius 1 is 1.50 bits per heavy atom. The van der Waals surface area contributed by atoms with Crippen LogP contribution < -0.4 is 10.1 Å². The second-order valence-electron chi connectivity index (χ2n) is 4.56. The lowest BCUT2D eigenvalue weighted by Crippen LogP contribution is -2.12. The Morgan fingerprint density at radius 2 is 2.20 bits per heavy atom. The van der Waals surface area contributed by atoms with E-state index < -0.39 is 5.97 Å². The average molecular weight is 341 g/mol. The van der Waals surface area contributed by atoms with E-state index in [4.69, 9.17) is 9.84 Å². The number of halogens is 1. The first kappa shape index (κ1) is 14.9. The van der Waals surface area contributed by atoms with Gasteiger partial charge in [-0.05, 0) is 40.7 Å². The van der Waals surface area contributed by atoms with E-state index >= 15 is 0 Å². The smallest absolute Gasteiger partial charge is 0.307 e. The third-order valence-corrected chi connectivity index (χ3v) is 4.18. The van der Waals surface area contributed by atoms with Crippen LogP contribution in [0, 0.1) is 0 Å². The normalized spacial score (nSPS) is 11.0. The molecule has 0 aliphatic carbocycles. The summed E-state index contributed by atoms with van der Waals surface area (Å²) < 4.78 is 8.12. The van der Waals surface area contributed by atoms with E-state index in [1.165, 1.54) is 0 Å². The number of nitrogens with zero attached hydrogens (tertiary/aromatic N) is 1. The summed E-state index contributed by atoms with van der Waals surface area (Å²) in [5.74, 6) is -0.143. The SMILES string of the molecule is CNCc1c(CC(=O)O)c2c(Br)c(OC)ccc2n1C. The van der Waals surface area contributed by atoms with E-state index in [2.05, 4.69) is 21.2 Å². The van der Waals surface area contributed by atoms with Crippen LogP contribution in [0.15, 0.2) is 16.6 Å². The van der Waals surface area contributed by atoms with E-state index in [0.717, 1.165) is 26.6 Å². The predicted molar refractivity (Wildman–Crippen MR) is 81.3 cm³/mol. The largest absolute Gasteiger partial charge is 0.496 e. The minimum Gasteiger partial charge on any atom is -0.496 e. The van der Waals surface area contributed by atoms with Crippen molar-refractivity contribution in [2.45, 2.75) is 13.0 Å². The third kappa shape index (κ3) is 2.41. The van der Waals surface area contributed by atoms with Crippen LogP contribution in [0.2, 0.25) is 0 Å². The van der Waals surface area contributed by atoms with Gasteiger partial charge >= 0.3 is 5.97 Å². The second kappa shape index (κ2) is 5.85. The van der Waals surface area contributed by atoms with E-state index in [1.807, 2.05) is 30.8 Å². The molecule has 2 N–H and O–H groups in total. The molecule has 1 aromatic heterocycles. The number of nitrogens with one attached hydrogen (secondary N) is 1. The molecule has 0 amide bonds. The Hall–Kier alpha value is -1.53. The van der Waals surface area contributed by atoms with E-state index in [-0.39, 0.29) is 6.42 Å². The first-order chi connectivity index (χ1) is 9.51. The first-order valence-electron chi connectivity index (χ1n) is 6.20. The van der Waals surface area contributed by atoms with Gasteiger partial charge in [-0.1, -0.05) is 0 Å². The summed E-state index contributed by atoms with van der Waals surface area (Å²) in [6.45, 7) is 0.614. The van der Waals surface area contributed by atoms with Crippen LogP contribution in [-0.2, 0) is 24.8 Å². The number of hydrogen-bond donors (Lipinski definition) is 2. The fraction of sp³-hybridized carbons (Fsp3) is 0.357. The van der Waals surface area contributed by atoms with Crippen LogP contribution in [-0.4, -0.2) is 29.8 Å². The number of aryl methyl sites for hydroxylation is 1. The summed E-state index contributed by atoms with van der Waals surface area (Å²) in [7, 11) is 5.39. The van der Waals surface area contributed by atoms with Crippen molar-refractivity contribution in [3.63, 3.8) is 0 Å². The summed E-state index contributed by atoms with van der Waals surface area (Å²) in [5, 5.41) is 13.2. The number of carboxylic acids is 1. The van der Waals surface area contributed by atoms with Gasteiger partial charge in [0.15, 0.2) is 0 Å². The zero-order valence-electron chi connectivity index (χ0n) is 11.7. The number of methoxy groups -OCH3 is 1. The lowest BCUT2D eigenvalue weighted by molar-refractivity contribution is -0.136. The number of fused-ring (bicyclic) bond motifs is 1. The highest BCUT2D eigenvalue weighted by molar-refractivity contribution is 9.10. The minimum atomic E-state index is -0.843. The Bertz CT molecular complexity index is 664. The summed E-state index contributed by atoms with van der Waals surface area (Å²) in [6.07, 6.45) is -0.0138. The van der Waals surface area contributed by atoms with Crippen LogP contribution in [0.5, 0.6) is 5.75 Å². The number of ether oxygens (including phenoxy) is 1. The molecule has 20 heavy (non-hydrogen) atoms. The molecule has 0 saturated carbocycles. The number of aliphatic carboxylic acids is 1. The van der Waals surface area contributed by atoms with Gasteiger partial charge in [0, 0.05) is 30.2 Å².